The zero-order chi connectivity index (χ0) is 15.9. The van der Waals surface area contributed by atoms with E-state index in [9.17, 15) is 10.1 Å². The minimum atomic E-state index is -0.371. The molecule has 0 spiro atoms. The van der Waals surface area contributed by atoms with E-state index in [2.05, 4.69) is 29.2 Å². The van der Waals surface area contributed by atoms with Crippen molar-refractivity contribution in [2.45, 2.75) is 12.5 Å². The Morgan fingerprint density at radius 3 is 2.27 bits per heavy atom. The highest BCUT2D eigenvalue weighted by molar-refractivity contribution is 5.48. The van der Waals surface area contributed by atoms with Crippen LogP contribution in [-0.2, 0) is 0 Å². The lowest BCUT2D eigenvalue weighted by atomic mass is 10.0. The lowest BCUT2D eigenvalue weighted by molar-refractivity contribution is -0.384. The predicted octanol–water partition coefficient (Wildman–Crippen LogP) is 4.30. The maximum atomic E-state index is 10.7. The Morgan fingerprint density at radius 1 is 1.09 bits per heavy atom. The SMILES string of the molecule is CN(C)C(CC=Cc1ccccc1)c1ccc([N+](=O)[O-])cc1. The van der Waals surface area contributed by atoms with Crippen molar-refractivity contribution in [3.63, 3.8) is 0 Å². The summed E-state index contributed by atoms with van der Waals surface area (Å²) in [4.78, 5) is 12.5. The molecule has 2 aromatic carbocycles. The number of hydrogen-bond acceptors (Lipinski definition) is 3. The topological polar surface area (TPSA) is 46.4 Å². The van der Waals surface area contributed by atoms with Crippen LogP contribution in [0.15, 0.2) is 60.7 Å². The second-order valence-corrected chi connectivity index (χ2v) is 5.38. The zero-order valence-corrected chi connectivity index (χ0v) is 12.8. The Labute approximate surface area is 130 Å². The van der Waals surface area contributed by atoms with E-state index in [0.717, 1.165) is 12.0 Å². The molecule has 0 aliphatic carbocycles. The fourth-order valence-electron chi connectivity index (χ4n) is 2.36. The quantitative estimate of drug-likeness (QED) is 0.589. The summed E-state index contributed by atoms with van der Waals surface area (Å²) in [5.41, 5.74) is 2.37. The smallest absolute Gasteiger partial charge is 0.269 e. The predicted molar refractivity (Wildman–Crippen MR) is 89.6 cm³/mol. The monoisotopic (exact) mass is 296 g/mol. The van der Waals surface area contributed by atoms with Crippen molar-refractivity contribution < 1.29 is 4.92 Å². The Balaban J connectivity index is 2.10. The van der Waals surface area contributed by atoms with Crippen LogP contribution in [0.5, 0.6) is 0 Å². The third kappa shape index (κ3) is 4.27. The Morgan fingerprint density at radius 2 is 1.73 bits per heavy atom. The molecule has 0 heterocycles. The molecule has 1 atom stereocenters. The molecule has 0 radical (unpaired) electrons. The number of hydrogen-bond donors (Lipinski definition) is 0. The number of benzene rings is 2. The lowest BCUT2D eigenvalue weighted by Crippen LogP contribution is -2.19. The van der Waals surface area contributed by atoms with Crippen LogP contribution >= 0.6 is 0 Å². The average molecular weight is 296 g/mol. The van der Waals surface area contributed by atoms with E-state index >= 15 is 0 Å². The molecule has 4 heteroatoms. The summed E-state index contributed by atoms with van der Waals surface area (Å²) in [6, 6.07) is 17.1. The highest BCUT2D eigenvalue weighted by Crippen LogP contribution is 2.25. The maximum Gasteiger partial charge on any atom is 0.269 e. The van der Waals surface area contributed by atoms with Crippen LogP contribution in [0.4, 0.5) is 5.69 Å². The van der Waals surface area contributed by atoms with Crippen molar-refractivity contribution in [1.29, 1.82) is 0 Å². The van der Waals surface area contributed by atoms with Crippen molar-refractivity contribution >= 4 is 11.8 Å². The zero-order valence-electron chi connectivity index (χ0n) is 12.8. The third-order valence-electron chi connectivity index (χ3n) is 3.58. The van der Waals surface area contributed by atoms with Gasteiger partial charge in [0.2, 0.25) is 0 Å². The Bertz CT molecular complexity index is 634. The number of rotatable bonds is 6. The molecule has 0 aliphatic heterocycles. The van der Waals surface area contributed by atoms with Gasteiger partial charge >= 0.3 is 0 Å². The number of nitrogens with zero attached hydrogens (tertiary/aromatic N) is 2. The summed E-state index contributed by atoms with van der Waals surface area (Å²) < 4.78 is 0. The molecule has 0 saturated carbocycles. The van der Waals surface area contributed by atoms with Crippen molar-refractivity contribution in [1.82, 2.24) is 4.90 Å². The standard InChI is InChI=1S/C18H20N2O2/c1-19(2)18(10-6-9-15-7-4-3-5-8-15)16-11-13-17(14-12-16)20(21)22/h3-9,11-14,18H,10H2,1-2H3. The molecule has 22 heavy (non-hydrogen) atoms. The summed E-state index contributed by atoms with van der Waals surface area (Å²) in [6.07, 6.45) is 5.09. The van der Waals surface area contributed by atoms with Gasteiger partial charge in [-0.2, -0.15) is 0 Å². The summed E-state index contributed by atoms with van der Waals surface area (Å²) in [6.45, 7) is 0. The molecule has 0 bridgehead atoms. The van der Waals surface area contributed by atoms with Gasteiger partial charge in [-0.1, -0.05) is 54.6 Å². The Kier molecular flexibility index (Phi) is 5.44. The number of non-ortho nitro benzene ring substituents is 1. The van der Waals surface area contributed by atoms with Crippen LogP contribution in [0.2, 0.25) is 0 Å². The van der Waals surface area contributed by atoms with Gasteiger partial charge in [0.05, 0.1) is 4.92 Å². The van der Waals surface area contributed by atoms with Crippen molar-refractivity contribution in [2.24, 2.45) is 0 Å². The van der Waals surface area contributed by atoms with Crippen LogP contribution in [-0.4, -0.2) is 23.9 Å². The van der Waals surface area contributed by atoms with Gasteiger partial charge in [0.15, 0.2) is 0 Å². The van der Waals surface area contributed by atoms with Crippen molar-refractivity contribution in [3.8, 4) is 0 Å². The molecule has 2 rings (SSSR count). The minimum absolute atomic E-state index is 0.126. The second kappa shape index (κ2) is 7.52. The molecular weight excluding hydrogens is 276 g/mol. The summed E-state index contributed by atoms with van der Waals surface area (Å²) in [5.74, 6) is 0. The highest BCUT2D eigenvalue weighted by Gasteiger charge is 2.14. The van der Waals surface area contributed by atoms with Crippen LogP contribution in [0.3, 0.4) is 0 Å². The van der Waals surface area contributed by atoms with Gasteiger partial charge in [0.25, 0.3) is 5.69 Å². The van der Waals surface area contributed by atoms with Crippen molar-refractivity contribution in [2.75, 3.05) is 14.1 Å². The second-order valence-electron chi connectivity index (χ2n) is 5.38. The van der Waals surface area contributed by atoms with Gasteiger partial charge in [0.1, 0.15) is 0 Å². The van der Waals surface area contributed by atoms with E-state index in [1.54, 1.807) is 12.1 Å². The van der Waals surface area contributed by atoms with Gasteiger partial charge in [-0.25, -0.2) is 0 Å². The van der Waals surface area contributed by atoms with Gasteiger partial charge in [-0.3, -0.25) is 10.1 Å². The first-order valence-electron chi connectivity index (χ1n) is 7.20. The van der Waals surface area contributed by atoms with Crippen LogP contribution in [0.1, 0.15) is 23.6 Å². The molecule has 0 aromatic heterocycles. The summed E-state index contributed by atoms with van der Waals surface area (Å²) >= 11 is 0. The van der Waals surface area contributed by atoms with Crippen LogP contribution in [0.25, 0.3) is 6.08 Å². The molecule has 0 fully saturated rings. The fraction of sp³-hybridized carbons (Fsp3) is 0.222. The first-order valence-corrected chi connectivity index (χ1v) is 7.20. The normalized spacial score (nSPS) is 12.7. The fourth-order valence-corrected chi connectivity index (χ4v) is 2.36. The number of nitro groups is 1. The Hall–Kier alpha value is -2.46. The van der Waals surface area contributed by atoms with Gasteiger partial charge < -0.3 is 4.90 Å². The number of nitro benzene ring substituents is 1. The molecule has 4 nitrogen and oxygen atoms in total. The molecular formula is C18H20N2O2. The van der Waals surface area contributed by atoms with E-state index in [1.807, 2.05) is 44.4 Å². The first-order chi connectivity index (χ1) is 10.6. The van der Waals surface area contributed by atoms with E-state index in [4.69, 9.17) is 0 Å². The summed E-state index contributed by atoms with van der Waals surface area (Å²) in [7, 11) is 4.03. The largest absolute Gasteiger partial charge is 0.302 e. The highest BCUT2D eigenvalue weighted by atomic mass is 16.6. The van der Waals surface area contributed by atoms with Crippen molar-refractivity contribution in [3.05, 3.63) is 81.9 Å². The molecule has 0 aliphatic rings. The molecule has 0 N–H and O–H groups in total. The molecule has 2 aromatic rings. The summed E-state index contributed by atoms with van der Waals surface area (Å²) in [5, 5.41) is 10.7. The molecule has 1 unspecified atom stereocenters. The maximum absolute atomic E-state index is 10.7. The van der Waals surface area contributed by atoms with E-state index < -0.39 is 0 Å². The van der Waals surface area contributed by atoms with E-state index in [1.165, 1.54) is 5.56 Å². The van der Waals surface area contributed by atoms with Gasteiger partial charge in [-0.15, -0.1) is 0 Å². The van der Waals surface area contributed by atoms with E-state index in [-0.39, 0.29) is 16.7 Å². The third-order valence-corrected chi connectivity index (χ3v) is 3.58. The van der Waals surface area contributed by atoms with Gasteiger partial charge in [0, 0.05) is 18.2 Å². The van der Waals surface area contributed by atoms with Crippen LogP contribution in [0, 0.1) is 10.1 Å². The first kappa shape index (κ1) is 15.9. The molecule has 0 saturated heterocycles. The molecule has 114 valence electrons. The minimum Gasteiger partial charge on any atom is -0.302 e. The van der Waals surface area contributed by atoms with Gasteiger partial charge in [-0.05, 0) is 31.6 Å². The van der Waals surface area contributed by atoms with Crippen LogP contribution < -0.4 is 0 Å². The lowest BCUT2D eigenvalue weighted by Gasteiger charge is -2.23. The molecule has 0 amide bonds. The average Bonchev–Trinajstić information content (AvgIpc) is 2.52. The van der Waals surface area contributed by atoms with E-state index in [0.29, 0.717) is 0 Å².